The Balaban J connectivity index is 2.26. The number of fused-ring (bicyclic) bond motifs is 1. The molecule has 2 heterocycles. The Labute approximate surface area is 164 Å². The first-order valence-electron chi connectivity index (χ1n) is 8.91. The number of aliphatic carboxylic acids is 1. The van der Waals surface area contributed by atoms with E-state index >= 15 is 0 Å². The van der Waals surface area contributed by atoms with Gasteiger partial charge in [0, 0.05) is 30.5 Å². The minimum Gasteiger partial charge on any atom is -0.481 e. The van der Waals surface area contributed by atoms with E-state index in [4.69, 9.17) is 0 Å². The molecule has 0 bridgehead atoms. The van der Waals surface area contributed by atoms with Gasteiger partial charge < -0.3 is 10.4 Å². The number of carbonyl (C=O) groups excluding carboxylic acids is 1. The van der Waals surface area contributed by atoms with Gasteiger partial charge in [-0.1, -0.05) is 19.1 Å². The molecule has 2 aromatic rings. The molecule has 2 N–H and O–H groups in total. The van der Waals surface area contributed by atoms with Crippen LogP contribution in [0, 0.1) is 16.0 Å². The van der Waals surface area contributed by atoms with E-state index in [2.05, 4.69) is 10.3 Å². The summed E-state index contributed by atoms with van der Waals surface area (Å²) in [6.07, 6.45) is 0.636. The zero-order chi connectivity index (χ0) is 21.3. The summed E-state index contributed by atoms with van der Waals surface area (Å²) in [6.45, 7) is 3.67. The number of carboxylic acid groups (broad SMARTS) is 1. The minimum atomic E-state index is -1.23. The third-order valence-electron chi connectivity index (χ3n) is 4.64. The molecule has 1 aromatic carbocycles. The maximum absolute atomic E-state index is 12.6. The highest BCUT2D eigenvalue weighted by Gasteiger charge is 2.40. The standard InChI is InChI=1S/C18H19N5O6/c1-3-7-19-18(27)22-14(24)9-13-20-10(2)15(17(25)26)16(21(13)22)11-5-4-6-12(8-11)23(28)29/h4-6,8-9,15-16H,3,7H2,1-2H3,(H,19,27)(H,25,26). The van der Waals surface area contributed by atoms with Crippen molar-refractivity contribution in [2.24, 2.45) is 10.9 Å². The highest BCUT2D eigenvalue weighted by molar-refractivity contribution is 6.03. The molecule has 1 amide bonds. The zero-order valence-corrected chi connectivity index (χ0v) is 15.7. The van der Waals surface area contributed by atoms with E-state index in [0.717, 1.165) is 10.7 Å². The minimum absolute atomic E-state index is 0.105. The van der Waals surface area contributed by atoms with E-state index in [9.17, 15) is 29.6 Å². The fourth-order valence-corrected chi connectivity index (χ4v) is 3.39. The maximum Gasteiger partial charge on any atom is 0.343 e. The summed E-state index contributed by atoms with van der Waals surface area (Å²) in [4.78, 5) is 51.9. The van der Waals surface area contributed by atoms with E-state index in [0.29, 0.717) is 13.0 Å². The quantitative estimate of drug-likeness (QED) is 0.577. The predicted octanol–water partition coefficient (Wildman–Crippen LogP) is 1.92. The number of rotatable bonds is 5. The Hall–Kier alpha value is -3.76. The molecular formula is C18H19N5O6. The molecule has 152 valence electrons. The number of carbonyl (C=O) groups is 2. The first-order valence-corrected chi connectivity index (χ1v) is 8.91. The molecule has 0 radical (unpaired) electrons. The van der Waals surface area contributed by atoms with Crippen molar-refractivity contribution < 1.29 is 19.6 Å². The number of nitro benzene ring substituents is 1. The molecule has 29 heavy (non-hydrogen) atoms. The zero-order valence-electron chi connectivity index (χ0n) is 15.7. The van der Waals surface area contributed by atoms with E-state index in [1.165, 1.54) is 35.9 Å². The Kier molecular flexibility index (Phi) is 5.31. The highest BCUT2D eigenvalue weighted by atomic mass is 16.6. The van der Waals surface area contributed by atoms with Gasteiger partial charge in [0.1, 0.15) is 5.92 Å². The number of benzene rings is 1. The molecule has 0 fully saturated rings. The van der Waals surface area contributed by atoms with Crippen LogP contribution in [0.2, 0.25) is 0 Å². The summed E-state index contributed by atoms with van der Waals surface area (Å²) < 4.78 is 1.98. The van der Waals surface area contributed by atoms with Crippen molar-refractivity contribution >= 4 is 29.2 Å². The van der Waals surface area contributed by atoms with Crippen LogP contribution in [0.3, 0.4) is 0 Å². The summed E-state index contributed by atoms with van der Waals surface area (Å²) in [5.41, 5.74) is -0.411. The van der Waals surface area contributed by atoms with Crippen LogP contribution in [0.4, 0.5) is 16.3 Å². The molecule has 1 aliphatic rings. The fourth-order valence-electron chi connectivity index (χ4n) is 3.39. The Bertz CT molecular complexity index is 1080. The van der Waals surface area contributed by atoms with Crippen molar-refractivity contribution in [3.8, 4) is 0 Å². The first-order chi connectivity index (χ1) is 13.8. The molecule has 0 saturated heterocycles. The molecule has 0 aliphatic carbocycles. The lowest BCUT2D eigenvalue weighted by Gasteiger charge is -2.31. The lowest BCUT2D eigenvalue weighted by atomic mass is 9.88. The maximum atomic E-state index is 12.6. The summed E-state index contributed by atoms with van der Waals surface area (Å²) in [5, 5.41) is 23.6. The van der Waals surface area contributed by atoms with E-state index in [1.807, 2.05) is 6.92 Å². The molecule has 1 aliphatic heterocycles. The van der Waals surface area contributed by atoms with Crippen molar-refractivity contribution in [1.29, 1.82) is 0 Å². The second-order valence-electron chi connectivity index (χ2n) is 6.60. The van der Waals surface area contributed by atoms with Crippen LogP contribution in [-0.2, 0) is 4.79 Å². The third-order valence-corrected chi connectivity index (χ3v) is 4.64. The van der Waals surface area contributed by atoms with Gasteiger partial charge >= 0.3 is 12.0 Å². The van der Waals surface area contributed by atoms with Crippen molar-refractivity contribution in [2.45, 2.75) is 26.3 Å². The van der Waals surface area contributed by atoms with Crippen LogP contribution < -0.4 is 10.9 Å². The molecule has 2 atom stereocenters. The lowest BCUT2D eigenvalue weighted by Crippen LogP contribution is -2.44. The molecule has 0 saturated carbocycles. The molecule has 11 nitrogen and oxygen atoms in total. The summed E-state index contributed by atoms with van der Waals surface area (Å²) in [6, 6.07) is 4.80. The Morgan fingerprint density at radius 2 is 2.07 bits per heavy atom. The number of nitrogens with one attached hydrogen (secondary N) is 1. The van der Waals surface area contributed by atoms with E-state index < -0.39 is 34.4 Å². The van der Waals surface area contributed by atoms with Crippen molar-refractivity contribution in [3.63, 3.8) is 0 Å². The van der Waals surface area contributed by atoms with Gasteiger partial charge in [-0.15, -0.1) is 0 Å². The molecule has 2 unspecified atom stereocenters. The monoisotopic (exact) mass is 401 g/mol. The van der Waals surface area contributed by atoms with Crippen LogP contribution in [0.1, 0.15) is 31.9 Å². The van der Waals surface area contributed by atoms with Gasteiger partial charge in [-0.05, 0) is 18.9 Å². The number of nitro groups is 1. The van der Waals surface area contributed by atoms with Crippen LogP contribution in [0.15, 0.2) is 40.1 Å². The topological polar surface area (TPSA) is 149 Å². The highest BCUT2D eigenvalue weighted by Crippen LogP contribution is 2.37. The van der Waals surface area contributed by atoms with Gasteiger partial charge in [-0.2, -0.15) is 4.68 Å². The summed E-state index contributed by atoms with van der Waals surface area (Å²) in [5.74, 6) is -2.34. The number of carboxylic acids is 1. The van der Waals surface area contributed by atoms with Gasteiger partial charge in [0.05, 0.1) is 11.0 Å². The Morgan fingerprint density at radius 3 is 2.69 bits per heavy atom. The Morgan fingerprint density at radius 1 is 1.34 bits per heavy atom. The first kappa shape index (κ1) is 20.0. The van der Waals surface area contributed by atoms with Crippen molar-refractivity contribution in [3.05, 3.63) is 56.4 Å². The van der Waals surface area contributed by atoms with Crippen LogP contribution in [0.25, 0.3) is 0 Å². The average molecular weight is 401 g/mol. The average Bonchev–Trinajstić information content (AvgIpc) is 2.99. The number of aromatic nitrogens is 2. The summed E-state index contributed by atoms with van der Waals surface area (Å²) >= 11 is 0. The normalized spacial score (nSPS) is 17.9. The van der Waals surface area contributed by atoms with E-state index in [-0.39, 0.29) is 22.8 Å². The second-order valence-corrected chi connectivity index (χ2v) is 6.60. The molecule has 1 aromatic heterocycles. The van der Waals surface area contributed by atoms with Crippen molar-refractivity contribution in [2.75, 3.05) is 6.54 Å². The predicted molar refractivity (Wildman–Crippen MR) is 103 cm³/mol. The third kappa shape index (κ3) is 3.53. The molecule has 3 rings (SSSR count). The van der Waals surface area contributed by atoms with Crippen LogP contribution >= 0.6 is 0 Å². The van der Waals surface area contributed by atoms with E-state index in [1.54, 1.807) is 0 Å². The summed E-state index contributed by atoms with van der Waals surface area (Å²) in [7, 11) is 0. The van der Waals surface area contributed by atoms with Crippen LogP contribution in [0.5, 0.6) is 0 Å². The number of nitrogens with zero attached hydrogens (tertiary/aromatic N) is 4. The number of amides is 1. The van der Waals surface area contributed by atoms with Gasteiger partial charge in [-0.25, -0.2) is 14.5 Å². The van der Waals surface area contributed by atoms with Crippen molar-refractivity contribution in [1.82, 2.24) is 14.7 Å². The van der Waals surface area contributed by atoms with Gasteiger partial charge in [0.15, 0.2) is 5.82 Å². The number of hydrogen-bond donors (Lipinski definition) is 2. The molecule has 0 spiro atoms. The fraction of sp³-hybridized carbons (Fsp3) is 0.333. The van der Waals surface area contributed by atoms with Crippen LogP contribution in [-0.4, -0.2) is 43.7 Å². The van der Waals surface area contributed by atoms with Gasteiger partial charge in [-0.3, -0.25) is 19.7 Å². The lowest BCUT2D eigenvalue weighted by molar-refractivity contribution is -0.384. The molecule has 11 heteroatoms. The second kappa shape index (κ2) is 7.70. The smallest absolute Gasteiger partial charge is 0.343 e. The number of hydrogen-bond acceptors (Lipinski definition) is 6. The number of aliphatic imine (C=N–C) groups is 1. The van der Waals surface area contributed by atoms with Gasteiger partial charge in [0.25, 0.3) is 11.2 Å². The SMILES string of the molecule is CCCNC(=O)n1c(=O)cc2n1C(c1cccc([N+](=O)[O-])c1)C(C(=O)O)C(C)=N2. The van der Waals surface area contributed by atoms with Gasteiger partial charge in [0.2, 0.25) is 0 Å². The molecular weight excluding hydrogens is 382 g/mol. The number of non-ortho nitro benzene ring substituents is 1. The largest absolute Gasteiger partial charge is 0.481 e.